The third-order valence-electron chi connectivity index (χ3n) is 2.99. The largest absolute Gasteiger partial charge is 0.308 e. The minimum Gasteiger partial charge on any atom is -0.308 e. The third kappa shape index (κ3) is 4.80. The van der Waals surface area contributed by atoms with Gasteiger partial charge in [0, 0.05) is 12.1 Å². The van der Waals surface area contributed by atoms with Crippen molar-refractivity contribution in [3.63, 3.8) is 0 Å². The molecule has 2 atom stereocenters. The van der Waals surface area contributed by atoms with Crippen LogP contribution < -0.4 is 5.32 Å². The number of rotatable bonds is 5. The molecule has 0 aliphatic carbocycles. The van der Waals surface area contributed by atoms with Crippen molar-refractivity contribution in [3.8, 4) is 0 Å². The van der Waals surface area contributed by atoms with Crippen LogP contribution in [0.15, 0.2) is 12.2 Å². The Hall–Kier alpha value is -0.300. The van der Waals surface area contributed by atoms with Gasteiger partial charge in [-0.25, -0.2) is 0 Å². The molecule has 0 saturated carbocycles. The number of piperidine rings is 1. The fourth-order valence-electron chi connectivity index (χ4n) is 2.10. The summed E-state index contributed by atoms with van der Waals surface area (Å²) in [5.74, 6) is 0. The molecule has 0 bridgehead atoms. The van der Waals surface area contributed by atoms with E-state index in [1.54, 1.807) is 0 Å². The molecule has 2 unspecified atom stereocenters. The van der Waals surface area contributed by atoms with Crippen LogP contribution in [0.1, 0.15) is 58.8 Å². The van der Waals surface area contributed by atoms with Crippen molar-refractivity contribution in [3.05, 3.63) is 12.2 Å². The predicted octanol–water partition coefficient (Wildman–Crippen LogP) is 3.65. The van der Waals surface area contributed by atoms with Gasteiger partial charge in [-0.3, -0.25) is 0 Å². The van der Waals surface area contributed by atoms with E-state index in [1.807, 2.05) is 0 Å². The number of hydrogen-bond donors (Lipinski definition) is 1. The second kappa shape index (κ2) is 7.05. The molecule has 1 N–H and O–H groups in total. The van der Waals surface area contributed by atoms with Gasteiger partial charge >= 0.3 is 0 Å². The van der Waals surface area contributed by atoms with Crippen molar-refractivity contribution < 1.29 is 0 Å². The lowest BCUT2D eigenvalue weighted by Crippen LogP contribution is -2.39. The van der Waals surface area contributed by atoms with Crippen LogP contribution in [0, 0.1) is 0 Å². The lowest BCUT2D eigenvalue weighted by molar-refractivity contribution is 0.374. The summed E-state index contributed by atoms with van der Waals surface area (Å²) >= 11 is 0. The van der Waals surface area contributed by atoms with Gasteiger partial charge < -0.3 is 5.32 Å². The van der Waals surface area contributed by atoms with Crippen molar-refractivity contribution in [1.29, 1.82) is 0 Å². The first-order chi connectivity index (χ1) is 6.83. The van der Waals surface area contributed by atoms with Gasteiger partial charge in [0.1, 0.15) is 0 Å². The summed E-state index contributed by atoms with van der Waals surface area (Å²) in [5, 5.41) is 3.62. The maximum atomic E-state index is 3.62. The summed E-state index contributed by atoms with van der Waals surface area (Å²) in [6.07, 6.45) is 14.1. The molecule has 1 rings (SSSR count). The summed E-state index contributed by atoms with van der Waals surface area (Å²) in [4.78, 5) is 0. The van der Waals surface area contributed by atoms with Crippen molar-refractivity contribution in [2.24, 2.45) is 0 Å². The van der Waals surface area contributed by atoms with Gasteiger partial charge in [-0.1, -0.05) is 38.3 Å². The van der Waals surface area contributed by atoms with Gasteiger partial charge in [-0.2, -0.15) is 0 Å². The Balaban J connectivity index is 2.09. The monoisotopic (exact) mass is 195 g/mol. The van der Waals surface area contributed by atoms with E-state index in [-0.39, 0.29) is 0 Å². The zero-order valence-electron chi connectivity index (χ0n) is 9.76. The lowest BCUT2D eigenvalue weighted by atomic mass is 9.99. The molecule has 1 fully saturated rings. The molecule has 0 spiro atoms. The van der Waals surface area contributed by atoms with E-state index in [4.69, 9.17) is 0 Å². The van der Waals surface area contributed by atoms with Crippen molar-refractivity contribution >= 4 is 0 Å². The van der Waals surface area contributed by atoms with Crippen molar-refractivity contribution in [1.82, 2.24) is 5.32 Å². The Labute approximate surface area is 89.0 Å². The van der Waals surface area contributed by atoms with E-state index < -0.39 is 0 Å². The van der Waals surface area contributed by atoms with E-state index in [0.717, 1.165) is 0 Å². The van der Waals surface area contributed by atoms with Crippen LogP contribution in [0.25, 0.3) is 0 Å². The minimum atomic E-state index is 0.653. The molecule has 14 heavy (non-hydrogen) atoms. The standard InChI is InChI=1S/C13H25N/c1-3-4-5-6-7-10-13-11-8-9-12(2)14-13/h7,10,12-14H,3-6,8-9,11H2,1-2H3/b10-7+. The summed E-state index contributed by atoms with van der Waals surface area (Å²) in [7, 11) is 0. The highest BCUT2D eigenvalue weighted by Crippen LogP contribution is 2.13. The third-order valence-corrected chi connectivity index (χ3v) is 2.99. The predicted molar refractivity (Wildman–Crippen MR) is 63.5 cm³/mol. The number of unbranched alkanes of at least 4 members (excludes halogenated alkanes) is 3. The first-order valence-corrected chi connectivity index (χ1v) is 6.25. The van der Waals surface area contributed by atoms with Crippen LogP contribution in [-0.2, 0) is 0 Å². The zero-order chi connectivity index (χ0) is 10.2. The molecular formula is C13H25N. The smallest absolute Gasteiger partial charge is 0.0252 e. The number of nitrogens with one attached hydrogen (secondary N) is 1. The van der Waals surface area contributed by atoms with E-state index in [1.165, 1.54) is 44.9 Å². The summed E-state index contributed by atoms with van der Waals surface area (Å²) in [5.41, 5.74) is 0. The van der Waals surface area contributed by atoms with Crippen LogP contribution in [0.3, 0.4) is 0 Å². The second-order valence-corrected chi connectivity index (χ2v) is 4.53. The highest BCUT2D eigenvalue weighted by Gasteiger charge is 2.14. The fourth-order valence-corrected chi connectivity index (χ4v) is 2.10. The van der Waals surface area contributed by atoms with Crippen LogP contribution >= 0.6 is 0 Å². The molecule has 0 aromatic carbocycles. The Morgan fingerprint density at radius 1 is 1.29 bits per heavy atom. The first kappa shape index (κ1) is 11.8. The van der Waals surface area contributed by atoms with Crippen molar-refractivity contribution in [2.45, 2.75) is 70.9 Å². The van der Waals surface area contributed by atoms with Gasteiger partial charge in [0.05, 0.1) is 0 Å². The van der Waals surface area contributed by atoms with Crippen LogP contribution in [0.5, 0.6) is 0 Å². The molecule has 82 valence electrons. The maximum Gasteiger partial charge on any atom is 0.0252 e. The summed E-state index contributed by atoms with van der Waals surface area (Å²) in [6, 6.07) is 1.37. The highest BCUT2D eigenvalue weighted by molar-refractivity contribution is 4.96. The molecule has 1 aliphatic heterocycles. The molecule has 1 heteroatoms. The van der Waals surface area contributed by atoms with Gasteiger partial charge in [-0.05, 0) is 32.6 Å². The quantitative estimate of drug-likeness (QED) is 0.521. The summed E-state index contributed by atoms with van der Waals surface area (Å²) in [6.45, 7) is 4.55. The molecule has 0 aromatic heterocycles. The molecule has 1 nitrogen and oxygen atoms in total. The Bertz CT molecular complexity index is 163. The Morgan fingerprint density at radius 2 is 2.14 bits per heavy atom. The SMILES string of the molecule is CCCCC/C=C/C1CCCC(C)N1. The van der Waals surface area contributed by atoms with Crippen LogP contribution in [0.4, 0.5) is 0 Å². The van der Waals surface area contributed by atoms with Gasteiger partial charge in [0.25, 0.3) is 0 Å². The number of allylic oxidation sites excluding steroid dienone is 1. The molecule has 0 aromatic rings. The molecule has 0 amide bonds. The second-order valence-electron chi connectivity index (χ2n) is 4.53. The zero-order valence-corrected chi connectivity index (χ0v) is 9.76. The fraction of sp³-hybridized carbons (Fsp3) is 0.846. The minimum absolute atomic E-state index is 0.653. The Morgan fingerprint density at radius 3 is 2.86 bits per heavy atom. The number of hydrogen-bond acceptors (Lipinski definition) is 1. The average Bonchev–Trinajstić information content (AvgIpc) is 2.18. The average molecular weight is 195 g/mol. The molecular weight excluding hydrogens is 170 g/mol. The topological polar surface area (TPSA) is 12.0 Å². The van der Waals surface area contributed by atoms with Crippen molar-refractivity contribution in [2.75, 3.05) is 0 Å². The molecule has 1 aliphatic rings. The lowest BCUT2D eigenvalue weighted by Gasteiger charge is -2.26. The molecule has 1 saturated heterocycles. The van der Waals surface area contributed by atoms with Gasteiger partial charge in [-0.15, -0.1) is 0 Å². The highest BCUT2D eigenvalue weighted by atomic mass is 14.9. The normalized spacial score (nSPS) is 28.4. The van der Waals surface area contributed by atoms with E-state index >= 15 is 0 Å². The van der Waals surface area contributed by atoms with E-state index in [9.17, 15) is 0 Å². The Kier molecular flexibility index (Phi) is 5.93. The molecule has 0 radical (unpaired) electrons. The maximum absolute atomic E-state index is 3.62. The first-order valence-electron chi connectivity index (χ1n) is 6.25. The summed E-state index contributed by atoms with van der Waals surface area (Å²) < 4.78 is 0. The molecule has 1 heterocycles. The van der Waals surface area contributed by atoms with Crippen LogP contribution in [0.2, 0.25) is 0 Å². The van der Waals surface area contributed by atoms with Crippen LogP contribution in [-0.4, -0.2) is 12.1 Å². The van der Waals surface area contributed by atoms with Gasteiger partial charge in [0.15, 0.2) is 0 Å². The van der Waals surface area contributed by atoms with E-state index in [2.05, 4.69) is 31.3 Å². The van der Waals surface area contributed by atoms with Gasteiger partial charge in [0.2, 0.25) is 0 Å². The van der Waals surface area contributed by atoms with E-state index in [0.29, 0.717) is 12.1 Å².